The molecule has 1 aliphatic rings. The molecule has 6 rings (SSSR count). The van der Waals surface area contributed by atoms with Crippen molar-refractivity contribution in [2.24, 2.45) is 0 Å². The van der Waals surface area contributed by atoms with Gasteiger partial charge in [-0.25, -0.2) is 4.98 Å². The Balaban J connectivity index is 0.00000108. The maximum absolute atomic E-state index is 13.2. The first-order valence-corrected chi connectivity index (χ1v) is 13.7. The summed E-state index contributed by atoms with van der Waals surface area (Å²) in [5, 5.41) is 7.57. The van der Waals surface area contributed by atoms with E-state index < -0.39 is 0 Å². The molecule has 0 saturated carbocycles. The third kappa shape index (κ3) is 5.81. The Labute approximate surface area is 239 Å². The highest BCUT2D eigenvalue weighted by molar-refractivity contribution is 5.99. The molecule has 2 N–H and O–H groups in total. The first-order chi connectivity index (χ1) is 19.9. The lowest BCUT2D eigenvalue weighted by molar-refractivity contribution is -0.191. The molecule has 0 bridgehead atoms. The fourth-order valence-corrected chi connectivity index (χ4v) is 5.40. The van der Waals surface area contributed by atoms with Crippen LogP contribution in [0.15, 0.2) is 85.1 Å². The number of aromatic nitrogens is 2. The Morgan fingerprint density at radius 2 is 1.71 bits per heavy atom. The van der Waals surface area contributed by atoms with Gasteiger partial charge in [-0.2, -0.15) is 9.59 Å². The molecule has 7 nitrogen and oxygen atoms in total. The normalized spacial score (nSPS) is 12.5. The number of nitrogens with zero attached hydrogens (tertiary/aromatic N) is 2. The summed E-state index contributed by atoms with van der Waals surface area (Å²) in [5.74, 6) is 0.888. The average Bonchev–Trinajstić information content (AvgIpc) is 3.56. The number of amides is 1. The summed E-state index contributed by atoms with van der Waals surface area (Å²) in [5.41, 5.74) is 10.2. The molecule has 0 fully saturated rings. The number of pyridine rings is 1. The van der Waals surface area contributed by atoms with Gasteiger partial charge in [0.1, 0.15) is 5.82 Å². The number of anilines is 1. The molecule has 5 aromatic rings. The van der Waals surface area contributed by atoms with E-state index in [1.54, 1.807) is 0 Å². The van der Waals surface area contributed by atoms with Gasteiger partial charge >= 0.3 is 6.15 Å². The van der Waals surface area contributed by atoms with Crippen LogP contribution in [0.4, 0.5) is 5.82 Å². The summed E-state index contributed by atoms with van der Waals surface area (Å²) in [6, 6.07) is 27.3. The van der Waals surface area contributed by atoms with E-state index in [1.165, 1.54) is 33.5 Å². The maximum atomic E-state index is 13.2. The van der Waals surface area contributed by atoms with Crippen molar-refractivity contribution in [1.29, 1.82) is 0 Å². The van der Waals surface area contributed by atoms with E-state index in [4.69, 9.17) is 9.59 Å². The maximum Gasteiger partial charge on any atom is 0.373 e. The van der Waals surface area contributed by atoms with Crippen LogP contribution in [0.25, 0.3) is 22.0 Å². The minimum Gasteiger partial charge on any atom is -0.370 e. The standard InChI is InChI=1S/C33H32N4O.CO2/c1-21-23(3)37(20-24-9-11-26(12-10-24)25-7-5-4-6-8-25)31-14-13-28(18-30(21)31)33(38)36-22(2)29-17-27-15-16-34-32(27)35-19-29;2-1-3/h4-14,17-19,22H,15-16,20H2,1-3H3,(H,34,35)(H,36,38);/t22-;/m0./s1. The van der Waals surface area contributed by atoms with Gasteiger partial charge in [0.05, 0.1) is 6.04 Å². The molecule has 1 atom stereocenters. The summed E-state index contributed by atoms with van der Waals surface area (Å²) < 4.78 is 2.34. The van der Waals surface area contributed by atoms with Gasteiger partial charge in [0.2, 0.25) is 0 Å². The van der Waals surface area contributed by atoms with Crippen molar-refractivity contribution < 1.29 is 14.4 Å². The van der Waals surface area contributed by atoms with Gasteiger partial charge in [-0.3, -0.25) is 4.79 Å². The van der Waals surface area contributed by atoms with Crippen molar-refractivity contribution in [3.8, 4) is 11.1 Å². The van der Waals surface area contributed by atoms with Crippen LogP contribution in [-0.2, 0) is 22.6 Å². The summed E-state index contributed by atoms with van der Waals surface area (Å²) in [4.78, 5) is 34.0. The van der Waals surface area contributed by atoms with Gasteiger partial charge in [0, 0.05) is 41.4 Å². The van der Waals surface area contributed by atoms with Crippen LogP contribution in [0, 0.1) is 13.8 Å². The van der Waals surface area contributed by atoms with Crippen molar-refractivity contribution in [3.63, 3.8) is 0 Å². The second kappa shape index (κ2) is 12.0. The second-order valence-corrected chi connectivity index (χ2v) is 10.3. The molecule has 1 amide bonds. The summed E-state index contributed by atoms with van der Waals surface area (Å²) in [6.45, 7) is 8.02. The largest absolute Gasteiger partial charge is 0.373 e. The summed E-state index contributed by atoms with van der Waals surface area (Å²) in [7, 11) is 0. The average molecular weight is 545 g/mol. The zero-order valence-corrected chi connectivity index (χ0v) is 23.4. The number of hydrogen-bond donors (Lipinski definition) is 2. The number of nitrogens with one attached hydrogen (secondary N) is 2. The van der Waals surface area contributed by atoms with Gasteiger partial charge in [0.25, 0.3) is 5.91 Å². The van der Waals surface area contributed by atoms with E-state index >= 15 is 0 Å². The minimum absolute atomic E-state index is 0.0701. The number of hydrogen-bond acceptors (Lipinski definition) is 5. The van der Waals surface area contributed by atoms with Crippen LogP contribution in [0.1, 0.15) is 51.3 Å². The molecule has 3 aromatic carbocycles. The lowest BCUT2D eigenvalue weighted by Crippen LogP contribution is -2.26. The van der Waals surface area contributed by atoms with Crippen molar-refractivity contribution in [1.82, 2.24) is 14.9 Å². The molecule has 3 heterocycles. The molecular formula is C34H32N4O3. The molecule has 0 aliphatic carbocycles. The number of carbonyl (C=O) groups excluding carboxylic acids is 3. The first kappa shape index (κ1) is 27.6. The SMILES string of the molecule is Cc1c(C)n(Cc2ccc(-c3ccccc3)cc2)c2ccc(C(=O)N[C@@H](C)c3cnc4c(c3)CCN4)cc12.O=C=O. The highest BCUT2D eigenvalue weighted by Gasteiger charge is 2.18. The number of aryl methyl sites for hydroxylation is 1. The summed E-state index contributed by atoms with van der Waals surface area (Å²) >= 11 is 0. The Morgan fingerprint density at radius 1 is 1.00 bits per heavy atom. The van der Waals surface area contributed by atoms with E-state index in [0.29, 0.717) is 5.56 Å². The Kier molecular flexibility index (Phi) is 8.09. The van der Waals surface area contributed by atoms with E-state index in [-0.39, 0.29) is 18.1 Å². The Morgan fingerprint density at radius 3 is 2.44 bits per heavy atom. The van der Waals surface area contributed by atoms with Crippen LogP contribution < -0.4 is 10.6 Å². The van der Waals surface area contributed by atoms with Gasteiger partial charge in [0.15, 0.2) is 0 Å². The van der Waals surface area contributed by atoms with Crippen LogP contribution in [0.2, 0.25) is 0 Å². The van der Waals surface area contributed by atoms with Crippen molar-refractivity contribution in [2.45, 2.75) is 39.8 Å². The van der Waals surface area contributed by atoms with E-state index in [1.807, 2.05) is 31.3 Å². The molecule has 0 radical (unpaired) electrons. The number of rotatable bonds is 6. The number of carbonyl (C=O) groups is 1. The second-order valence-electron chi connectivity index (χ2n) is 10.3. The highest BCUT2D eigenvalue weighted by atomic mass is 16.2. The van der Waals surface area contributed by atoms with Crippen molar-refractivity contribution in [2.75, 3.05) is 11.9 Å². The number of fused-ring (bicyclic) bond motifs is 2. The minimum atomic E-state index is -0.122. The van der Waals surface area contributed by atoms with Crippen LogP contribution in [0.3, 0.4) is 0 Å². The van der Waals surface area contributed by atoms with E-state index in [2.05, 4.69) is 94.7 Å². The lowest BCUT2D eigenvalue weighted by atomic mass is 10.0. The molecule has 2 aromatic heterocycles. The third-order valence-electron chi connectivity index (χ3n) is 7.83. The fraction of sp³-hybridized carbons (Fsp3) is 0.206. The predicted octanol–water partition coefficient (Wildman–Crippen LogP) is 6.24. The molecule has 7 heteroatoms. The van der Waals surface area contributed by atoms with Gasteiger partial charge in [-0.05, 0) is 84.8 Å². The molecule has 0 unspecified atom stereocenters. The highest BCUT2D eigenvalue weighted by Crippen LogP contribution is 2.29. The molecular weight excluding hydrogens is 512 g/mol. The molecule has 0 spiro atoms. The number of benzene rings is 3. The first-order valence-electron chi connectivity index (χ1n) is 13.7. The van der Waals surface area contributed by atoms with E-state index in [0.717, 1.165) is 41.8 Å². The molecule has 1 aliphatic heterocycles. The van der Waals surface area contributed by atoms with Gasteiger partial charge in [-0.1, -0.05) is 54.6 Å². The molecule has 206 valence electrons. The fourth-order valence-electron chi connectivity index (χ4n) is 5.40. The van der Waals surface area contributed by atoms with Crippen molar-refractivity contribution in [3.05, 3.63) is 119 Å². The van der Waals surface area contributed by atoms with Crippen molar-refractivity contribution >= 4 is 28.8 Å². The quantitative estimate of drug-likeness (QED) is 0.264. The van der Waals surface area contributed by atoms with E-state index in [9.17, 15) is 4.79 Å². The summed E-state index contributed by atoms with van der Waals surface area (Å²) in [6.07, 6.45) is 3.07. The molecule has 41 heavy (non-hydrogen) atoms. The zero-order valence-electron chi connectivity index (χ0n) is 23.4. The van der Waals surface area contributed by atoms with Gasteiger partial charge < -0.3 is 15.2 Å². The molecule has 0 saturated heterocycles. The van der Waals surface area contributed by atoms with Crippen LogP contribution in [-0.4, -0.2) is 28.2 Å². The Hall–Kier alpha value is -5.00. The Bertz CT molecular complexity index is 1730. The van der Waals surface area contributed by atoms with Gasteiger partial charge in [-0.15, -0.1) is 0 Å². The van der Waals surface area contributed by atoms with Crippen LogP contribution in [0.5, 0.6) is 0 Å². The third-order valence-corrected chi connectivity index (χ3v) is 7.83. The zero-order chi connectivity index (χ0) is 28.9. The van der Waals surface area contributed by atoms with Crippen LogP contribution >= 0.6 is 0 Å². The topological polar surface area (TPSA) is 93.1 Å². The monoisotopic (exact) mass is 544 g/mol. The predicted molar refractivity (Wildman–Crippen MR) is 160 cm³/mol. The lowest BCUT2D eigenvalue weighted by Gasteiger charge is -2.15. The smallest absolute Gasteiger partial charge is 0.370 e.